The second kappa shape index (κ2) is 6.70. The van der Waals surface area contributed by atoms with Gasteiger partial charge in [0.15, 0.2) is 0 Å². The molecule has 0 aliphatic rings. The van der Waals surface area contributed by atoms with Crippen LogP contribution in [0.4, 0.5) is 5.69 Å². The third-order valence-corrected chi connectivity index (χ3v) is 3.22. The Morgan fingerprint density at radius 3 is 2.50 bits per heavy atom. The molecule has 1 aromatic rings. The number of allylic oxidation sites excluding steroid dienone is 1. The molecule has 5 heteroatoms. The summed E-state index contributed by atoms with van der Waals surface area (Å²) in [4.78, 5) is 13.4. The van der Waals surface area contributed by atoms with Crippen molar-refractivity contribution in [3.05, 3.63) is 46.0 Å². The smallest absolute Gasteiger partial charge is 0.253 e. The van der Waals surface area contributed by atoms with Crippen molar-refractivity contribution in [2.75, 3.05) is 11.9 Å². The van der Waals surface area contributed by atoms with Crippen molar-refractivity contribution in [1.29, 1.82) is 10.5 Å². The van der Waals surface area contributed by atoms with Crippen LogP contribution in [0.25, 0.3) is 6.08 Å². The highest BCUT2D eigenvalue weighted by atomic mass is 79.9. The average molecular weight is 330 g/mol. The second-order valence-corrected chi connectivity index (χ2v) is 4.99. The Balaban J connectivity index is 3.27. The first-order valence-corrected chi connectivity index (χ1v) is 6.45. The molecule has 0 heterocycles. The van der Waals surface area contributed by atoms with Gasteiger partial charge in [0.05, 0.1) is 5.69 Å². The van der Waals surface area contributed by atoms with Crippen molar-refractivity contribution < 1.29 is 4.79 Å². The summed E-state index contributed by atoms with van der Waals surface area (Å²) in [6.45, 7) is 5.26. The predicted octanol–water partition coefficient (Wildman–Crippen LogP) is 3.42. The fraction of sp³-hybridized carbons (Fsp3) is 0.133. The summed E-state index contributed by atoms with van der Waals surface area (Å²) in [6.07, 6.45) is 1.47. The molecule has 100 valence electrons. The number of halogens is 1. The zero-order valence-corrected chi connectivity index (χ0v) is 12.7. The zero-order chi connectivity index (χ0) is 15.3. The Kier molecular flexibility index (Phi) is 5.25. The van der Waals surface area contributed by atoms with Crippen molar-refractivity contribution in [2.24, 2.45) is 0 Å². The molecule has 0 N–H and O–H groups in total. The van der Waals surface area contributed by atoms with Crippen LogP contribution in [0.5, 0.6) is 0 Å². The van der Waals surface area contributed by atoms with E-state index < -0.39 is 0 Å². The Bertz CT molecular complexity index is 661. The van der Waals surface area contributed by atoms with Crippen LogP contribution >= 0.6 is 15.9 Å². The first-order chi connectivity index (χ1) is 9.40. The van der Waals surface area contributed by atoms with Gasteiger partial charge in [0.2, 0.25) is 0 Å². The number of hydrogen-bond acceptors (Lipinski definition) is 3. The van der Waals surface area contributed by atoms with Crippen molar-refractivity contribution in [3.63, 3.8) is 0 Å². The van der Waals surface area contributed by atoms with E-state index in [1.165, 1.54) is 11.0 Å². The summed E-state index contributed by atoms with van der Waals surface area (Å²) in [7, 11) is 1.64. The summed E-state index contributed by atoms with van der Waals surface area (Å²) in [5.74, 6) is -0.201. The van der Waals surface area contributed by atoms with E-state index in [-0.39, 0.29) is 11.5 Å². The molecular weight excluding hydrogens is 318 g/mol. The molecule has 1 rings (SSSR count). The van der Waals surface area contributed by atoms with Crippen molar-refractivity contribution in [3.8, 4) is 12.1 Å². The van der Waals surface area contributed by atoms with E-state index in [0.29, 0.717) is 16.8 Å². The molecule has 0 saturated heterocycles. The quantitative estimate of drug-likeness (QED) is 0.630. The van der Waals surface area contributed by atoms with E-state index in [0.717, 1.165) is 4.47 Å². The fourth-order valence-corrected chi connectivity index (χ4v) is 2.04. The summed E-state index contributed by atoms with van der Waals surface area (Å²) in [5, 5.41) is 17.5. The molecule has 0 bridgehead atoms. The molecular formula is C15H12BrN3O. The summed E-state index contributed by atoms with van der Waals surface area (Å²) in [6, 6.07) is 8.83. The standard InChI is InChI=1S/C15H12BrN3O/c1-10(2)15(20)19(3)14-7-11(4-5-13(14)16)6-12(8-17)9-18/h4-7H,1H2,2-3H3. The summed E-state index contributed by atoms with van der Waals surface area (Å²) in [5.41, 5.74) is 1.74. The SMILES string of the molecule is C=C(C)C(=O)N(C)c1cc(C=C(C#N)C#N)ccc1Br. The van der Waals surface area contributed by atoms with Crippen LogP contribution in [0.2, 0.25) is 0 Å². The normalized spacial score (nSPS) is 9.05. The van der Waals surface area contributed by atoms with E-state index in [9.17, 15) is 4.79 Å². The van der Waals surface area contributed by atoms with Gasteiger partial charge in [0.25, 0.3) is 5.91 Å². The second-order valence-electron chi connectivity index (χ2n) is 4.14. The molecule has 20 heavy (non-hydrogen) atoms. The highest BCUT2D eigenvalue weighted by Crippen LogP contribution is 2.28. The van der Waals surface area contributed by atoms with E-state index in [1.54, 1.807) is 44.3 Å². The highest BCUT2D eigenvalue weighted by Gasteiger charge is 2.14. The van der Waals surface area contributed by atoms with Crippen molar-refractivity contribution >= 4 is 33.6 Å². The maximum Gasteiger partial charge on any atom is 0.253 e. The molecule has 0 aliphatic carbocycles. The number of nitrogens with zero attached hydrogens (tertiary/aromatic N) is 3. The van der Waals surface area contributed by atoms with Gasteiger partial charge in [-0.25, -0.2) is 0 Å². The lowest BCUT2D eigenvalue weighted by Crippen LogP contribution is -2.26. The van der Waals surface area contributed by atoms with Crippen LogP contribution in [0, 0.1) is 22.7 Å². The molecule has 0 fully saturated rings. The van der Waals surface area contributed by atoms with Crippen LogP contribution in [-0.2, 0) is 4.79 Å². The number of nitriles is 2. The minimum Gasteiger partial charge on any atom is -0.311 e. The monoisotopic (exact) mass is 329 g/mol. The minimum atomic E-state index is -0.201. The maximum atomic E-state index is 11.9. The van der Waals surface area contributed by atoms with Crippen LogP contribution in [0.1, 0.15) is 12.5 Å². The minimum absolute atomic E-state index is 0.00662. The van der Waals surface area contributed by atoms with Crippen LogP contribution in [0.15, 0.2) is 40.4 Å². The van der Waals surface area contributed by atoms with Gasteiger partial charge in [-0.15, -0.1) is 0 Å². The summed E-state index contributed by atoms with van der Waals surface area (Å²) < 4.78 is 0.738. The van der Waals surface area contributed by atoms with Gasteiger partial charge in [0.1, 0.15) is 17.7 Å². The predicted molar refractivity (Wildman–Crippen MR) is 81.6 cm³/mol. The van der Waals surface area contributed by atoms with Gasteiger partial charge in [0, 0.05) is 17.1 Å². The topological polar surface area (TPSA) is 67.9 Å². The molecule has 0 saturated carbocycles. The molecule has 1 aromatic carbocycles. The molecule has 0 radical (unpaired) electrons. The van der Waals surface area contributed by atoms with Crippen molar-refractivity contribution in [1.82, 2.24) is 0 Å². The van der Waals surface area contributed by atoms with Crippen LogP contribution < -0.4 is 4.90 Å². The number of likely N-dealkylation sites (N-methyl/N-ethyl adjacent to an activating group) is 1. The summed E-state index contributed by atoms with van der Waals surface area (Å²) >= 11 is 3.37. The Labute approximate surface area is 126 Å². The molecule has 0 unspecified atom stereocenters. The lowest BCUT2D eigenvalue weighted by atomic mass is 10.1. The van der Waals surface area contributed by atoms with Gasteiger partial charge >= 0.3 is 0 Å². The van der Waals surface area contributed by atoms with E-state index in [1.807, 2.05) is 0 Å². The maximum absolute atomic E-state index is 11.9. The Morgan fingerprint density at radius 2 is 2.00 bits per heavy atom. The largest absolute Gasteiger partial charge is 0.311 e. The van der Waals surface area contributed by atoms with E-state index in [4.69, 9.17) is 10.5 Å². The fourth-order valence-electron chi connectivity index (χ4n) is 1.53. The van der Waals surface area contributed by atoms with Crippen LogP contribution in [0.3, 0.4) is 0 Å². The van der Waals surface area contributed by atoms with Crippen LogP contribution in [-0.4, -0.2) is 13.0 Å². The van der Waals surface area contributed by atoms with Gasteiger partial charge < -0.3 is 4.90 Å². The van der Waals surface area contributed by atoms with Gasteiger partial charge in [-0.2, -0.15) is 10.5 Å². The third kappa shape index (κ3) is 3.57. The van der Waals surface area contributed by atoms with E-state index in [2.05, 4.69) is 22.5 Å². The highest BCUT2D eigenvalue weighted by molar-refractivity contribution is 9.10. The van der Waals surface area contributed by atoms with Crippen molar-refractivity contribution in [2.45, 2.75) is 6.92 Å². The lowest BCUT2D eigenvalue weighted by Gasteiger charge is -2.19. The molecule has 0 atom stereocenters. The third-order valence-electron chi connectivity index (χ3n) is 2.55. The number of carbonyl (C=O) groups is 1. The number of benzene rings is 1. The van der Waals surface area contributed by atoms with Gasteiger partial charge in [-0.1, -0.05) is 12.6 Å². The molecule has 4 nitrogen and oxygen atoms in total. The molecule has 1 amide bonds. The van der Waals surface area contributed by atoms with Gasteiger partial charge in [-0.05, 0) is 46.6 Å². The number of rotatable bonds is 3. The number of anilines is 1. The molecule has 0 spiro atoms. The Morgan fingerprint density at radius 1 is 1.40 bits per heavy atom. The number of amides is 1. The lowest BCUT2D eigenvalue weighted by molar-refractivity contribution is -0.114. The first kappa shape index (κ1) is 15.7. The van der Waals surface area contributed by atoms with E-state index >= 15 is 0 Å². The molecule has 0 aromatic heterocycles. The number of carbonyl (C=O) groups excluding carboxylic acids is 1. The molecule has 0 aliphatic heterocycles. The first-order valence-electron chi connectivity index (χ1n) is 5.65. The number of hydrogen-bond donors (Lipinski definition) is 0. The zero-order valence-electron chi connectivity index (χ0n) is 11.1. The average Bonchev–Trinajstić information content (AvgIpc) is 2.44. The Hall–Kier alpha value is -2.37. The van der Waals surface area contributed by atoms with Gasteiger partial charge in [-0.3, -0.25) is 4.79 Å².